The number of carboxylic acid groups (broad SMARTS) is 2. The second-order valence-electron chi connectivity index (χ2n) is 7.13. The zero-order chi connectivity index (χ0) is 24.9. The van der Waals surface area contributed by atoms with Crippen LogP contribution >= 0.6 is 0 Å². The van der Waals surface area contributed by atoms with Gasteiger partial charge in [-0.25, -0.2) is 9.59 Å². The molecule has 4 aromatic rings. The maximum absolute atomic E-state index is 12.3. The van der Waals surface area contributed by atoms with E-state index < -0.39 is 34.3 Å². The Morgan fingerprint density at radius 3 is 1.51 bits per heavy atom. The van der Waals surface area contributed by atoms with E-state index >= 15 is 0 Å². The van der Waals surface area contributed by atoms with Crippen LogP contribution in [0.5, 0.6) is 11.5 Å². The topological polar surface area (TPSA) is 163 Å². The van der Waals surface area contributed by atoms with Crippen molar-refractivity contribution >= 4 is 33.9 Å². The summed E-state index contributed by atoms with van der Waals surface area (Å²) in [6.45, 7) is 0.486. The van der Waals surface area contributed by atoms with Gasteiger partial charge in [0.15, 0.2) is 10.9 Å². The minimum Gasteiger partial charge on any atom is -0.490 e. The average Bonchev–Trinajstić information content (AvgIpc) is 2.82. The van der Waals surface area contributed by atoms with Crippen LogP contribution in [0.2, 0.25) is 0 Å². The molecule has 11 heteroatoms. The first-order valence-electron chi connectivity index (χ1n) is 10.3. The fraction of sp³-hybridized carbons (Fsp3) is 0.167. The van der Waals surface area contributed by atoms with E-state index in [4.69, 9.17) is 33.3 Å². The molecule has 0 saturated carbocycles. The maximum Gasteiger partial charge on any atom is 0.371 e. The molecule has 0 unspecified atom stereocenters. The second-order valence-corrected chi connectivity index (χ2v) is 7.13. The van der Waals surface area contributed by atoms with E-state index in [0.29, 0.717) is 0 Å². The molecular formula is C24H18O11. The van der Waals surface area contributed by atoms with Crippen LogP contribution in [0, 0.1) is 0 Å². The largest absolute Gasteiger partial charge is 0.490 e. The minimum absolute atomic E-state index is 0.0923. The summed E-state index contributed by atoms with van der Waals surface area (Å²) in [6, 6.07) is 11.0. The molecule has 2 aromatic heterocycles. The Hall–Kier alpha value is -4.64. The number of rotatable bonds is 10. The van der Waals surface area contributed by atoms with Gasteiger partial charge < -0.3 is 33.3 Å². The van der Waals surface area contributed by atoms with Crippen molar-refractivity contribution in [2.45, 2.75) is 0 Å². The highest BCUT2D eigenvalue weighted by Gasteiger charge is 2.15. The van der Waals surface area contributed by atoms with Gasteiger partial charge in [0, 0.05) is 12.1 Å². The Bertz CT molecular complexity index is 1420. The van der Waals surface area contributed by atoms with Crippen molar-refractivity contribution in [3.63, 3.8) is 0 Å². The number of aromatic carboxylic acids is 2. The Morgan fingerprint density at radius 2 is 1.11 bits per heavy atom. The predicted molar refractivity (Wildman–Crippen MR) is 121 cm³/mol. The summed E-state index contributed by atoms with van der Waals surface area (Å²) in [5.41, 5.74) is -0.888. The molecular weight excluding hydrogens is 464 g/mol. The lowest BCUT2D eigenvalue weighted by atomic mass is 10.2. The van der Waals surface area contributed by atoms with Crippen LogP contribution in [0.1, 0.15) is 21.1 Å². The zero-order valence-corrected chi connectivity index (χ0v) is 18.0. The van der Waals surface area contributed by atoms with Crippen molar-refractivity contribution in [1.82, 2.24) is 0 Å². The fourth-order valence-corrected chi connectivity index (χ4v) is 3.33. The maximum atomic E-state index is 12.3. The van der Waals surface area contributed by atoms with Crippen LogP contribution in [-0.4, -0.2) is 48.6 Å². The van der Waals surface area contributed by atoms with Crippen molar-refractivity contribution < 1.29 is 42.8 Å². The van der Waals surface area contributed by atoms with E-state index in [2.05, 4.69) is 0 Å². The Kier molecular flexibility index (Phi) is 6.78. The summed E-state index contributed by atoms with van der Waals surface area (Å²) in [5.74, 6) is -3.16. The lowest BCUT2D eigenvalue weighted by Gasteiger charge is -2.11. The minimum atomic E-state index is -1.35. The molecule has 0 aliphatic heterocycles. The van der Waals surface area contributed by atoms with Gasteiger partial charge in [-0.2, -0.15) is 0 Å². The number of carboxylic acids is 2. The van der Waals surface area contributed by atoms with Gasteiger partial charge in [-0.15, -0.1) is 0 Å². The molecule has 35 heavy (non-hydrogen) atoms. The highest BCUT2D eigenvalue weighted by molar-refractivity contribution is 5.90. The van der Waals surface area contributed by atoms with Crippen molar-refractivity contribution in [1.29, 1.82) is 0 Å². The molecule has 4 rings (SSSR count). The van der Waals surface area contributed by atoms with Gasteiger partial charge in [0.1, 0.15) is 46.7 Å². The summed E-state index contributed by atoms with van der Waals surface area (Å²) in [5, 5.41) is 18.3. The first kappa shape index (κ1) is 23.5. The van der Waals surface area contributed by atoms with Crippen molar-refractivity contribution in [3.05, 3.63) is 80.5 Å². The van der Waals surface area contributed by atoms with Crippen LogP contribution in [0.25, 0.3) is 21.9 Å². The van der Waals surface area contributed by atoms with Crippen LogP contribution in [0.4, 0.5) is 0 Å². The molecule has 2 heterocycles. The molecule has 2 aromatic carbocycles. The second kappa shape index (κ2) is 10.1. The molecule has 0 amide bonds. The Morgan fingerprint density at radius 1 is 0.686 bits per heavy atom. The van der Waals surface area contributed by atoms with E-state index in [-0.39, 0.29) is 59.9 Å². The summed E-state index contributed by atoms with van der Waals surface area (Å²) < 4.78 is 27.1. The summed E-state index contributed by atoms with van der Waals surface area (Å²) >= 11 is 0. The lowest BCUT2D eigenvalue weighted by Crippen LogP contribution is -2.14. The van der Waals surface area contributed by atoms with E-state index in [1.165, 1.54) is 12.1 Å². The highest BCUT2D eigenvalue weighted by atomic mass is 16.5. The van der Waals surface area contributed by atoms with Gasteiger partial charge in [0.25, 0.3) is 0 Å². The fourth-order valence-electron chi connectivity index (χ4n) is 3.33. The van der Waals surface area contributed by atoms with Gasteiger partial charge in [-0.1, -0.05) is 12.1 Å². The summed E-state index contributed by atoms with van der Waals surface area (Å²) in [7, 11) is 0. The molecule has 0 aliphatic carbocycles. The number of carbonyl (C=O) groups is 2. The number of hydrogen-bond acceptors (Lipinski definition) is 9. The highest BCUT2D eigenvalue weighted by Crippen LogP contribution is 2.24. The quantitative estimate of drug-likeness (QED) is 0.320. The van der Waals surface area contributed by atoms with Gasteiger partial charge >= 0.3 is 11.9 Å². The molecule has 180 valence electrons. The number of fused-ring (bicyclic) bond motifs is 2. The number of hydrogen-bond donors (Lipinski definition) is 2. The van der Waals surface area contributed by atoms with E-state index in [0.717, 1.165) is 12.1 Å². The SMILES string of the molecule is O=C(O)c1cc(=O)c2c(OCCOCCOc3cccc4oc(C(=O)O)cc(=O)c34)cccc2o1. The standard InChI is InChI=1S/C24H18O11/c25-13-11-19(23(27)28)34-17-5-1-3-15(21(13)17)32-9-7-31-8-10-33-16-4-2-6-18-22(16)14(26)12-20(35-18)24(29)30/h1-6,11-12H,7-10H2,(H,27,28)(H,29,30). The van der Waals surface area contributed by atoms with Gasteiger partial charge in [-0.3, -0.25) is 9.59 Å². The first-order valence-corrected chi connectivity index (χ1v) is 10.3. The Balaban J connectivity index is 1.31. The lowest BCUT2D eigenvalue weighted by molar-refractivity contribution is 0.0653. The van der Waals surface area contributed by atoms with Gasteiger partial charge in [0.05, 0.1) is 13.2 Å². The van der Waals surface area contributed by atoms with Gasteiger partial charge in [0.2, 0.25) is 11.5 Å². The molecule has 0 spiro atoms. The van der Waals surface area contributed by atoms with Crippen LogP contribution < -0.4 is 20.3 Å². The van der Waals surface area contributed by atoms with Gasteiger partial charge in [-0.05, 0) is 24.3 Å². The molecule has 0 saturated heterocycles. The van der Waals surface area contributed by atoms with Crippen LogP contribution in [0.3, 0.4) is 0 Å². The molecule has 2 N–H and O–H groups in total. The Labute approximate surface area is 195 Å². The summed E-state index contributed by atoms with van der Waals surface area (Å²) in [4.78, 5) is 46.7. The molecule has 0 atom stereocenters. The van der Waals surface area contributed by atoms with Crippen LogP contribution in [-0.2, 0) is 4.74 Å². The summed E-state index contributed by atoms with van der Waals surface area (Å²) in [6.07, 6.45) is 0. The molecule has 0 aliphatic rings. The smallest absolute Gasteiger partial charge is 0.371 e. The number of ether oxygens (including phenoxy) is 3. The van der Waals surface area contributed by atoms with Crippen molar-refractivity contribution in [3.8, 4) is 11.5 Å². The monoisotopic (exact) mass is 482 g/mol. The predicted octanol–water partition coefficient (Wildman–Crippen LogP) is 2.77. The van der Waals surface area contributed by atoms with Crippen molar-refractivity contribution in [2.75, 3.05) is 26.4 Å². The van der Waals surface area contributed by atoms with E-state index in [9.17, 15) is 19.2 Å². The third-order valence-electron chi connectivity index (χ3n) is 4.83. The molecule has 0 bridgehead atoms. The molecule has 0 radical (unpaired) electrons. The zero-order valence-electron chi connectivity index (χ0n) is 18.0. The number of benzene rings is 2. The average molecular weight is 482 g/mol. The van der Waals surface area contributed by atoms with E-state index in [1.807, 2.05) is 0 Å². The third-order valence-corrected chi connectivity index (χ3v) is 4.83. The first-order chi connectivity index (χ1) is 16.8. The molecule has 0 fully saturated rings. The molecule has 11 nitrogen and oxygen atoms in total. The normalized spacial score (nSPS) is 11.0. The van der Waals surface area contributed by atoms with E-state index in [1.54, 1.807) is 24.3 Å². The third kappa shape index (κ3) is 5.14. The van der Waals surface area contributed by atoms with Crippen LogP contribution in [0.15, 0.2) is 67.0 Å². The van der Waals surface area contributed by atoms with Crippen molar-refractivity contribution in [2.24, 2.45) is 0 Å².